The summed E-state index contributed by atoms with van der Waals surface area (Å²) in [6.07, 6.45) is 0. The monoisotopic (exact) mass is 324 g/mol. The highest BCUT2D eigenvalue weighted by Crippen LogP contribution is 2.35. The SMILES string of the molecule is Cc1c(Br)c([N+](=O)[O-])c(Br)c(C)[n+]1[O-]. The molecule has 0 aliphatic heterocycles. The average Bonchev–Trinajstić information content (AvgIpc) is 2.11. The number of pyridine rings is 1. The van der Waals surface area contributed by atoms with Gasteiger partial charge >= 0.3 is 5.69 Å². The molecule has 0 atom stereocenters. The highest BCUT2D eigenvalue weighted by atomic mass is 79.9. The molecule has 1 rings (SSSR count). The molecule has 0 bridgehead atoms. The van der Waals surface area contributed by atoms with Gasteiger partial charge in [0.05, 0.1) is 4.92 Å². The van der Waals surface area contributed by atoms with Gasteiger partial charge in [-0.1, -0.05) is 0 Å². The first-order valence-corrected chi connectivity index (χ1v) is 5.18. The van der Waals surface area contributed by atoms with Gasteiger partial charge in [0.25, 0.3) is 0 Å². The lowest BCUT2D eigenvalue weighted by Gasteiger charge is -2.07. The molecule has 0 saturated heterocycles. The molecule has 0 fully saturated rings. The first-order valence-electron chi connectivity index (χ1n) is 3.60. The van der Waals surface area contributed by atoms with Crippen LogP contribution in [0.1, 0.15) is 11.4 Å². The first-order chi connectivity index (χ1) is 6.37. The van der Waals surface area contributed by atoms with Crippen molar-refractivity contribution in [2.24, 2.45) is 0 Å². The van der Waals surface area contributed by atoms with Gasteiger partial charge in [-0.3, -0.25) is 10.1 Å². The van der Waals surface area contributed by atoms with Crippen molar-refractivity contribution in [2.75, 3.05) is 0 Å². The van der Waals surface area contributed by atoms with Crippen LogP contribution in [0.15, 0.2) is 8.95 Å². The van der Waals surface area contributed by atoms with Crippen molar-refractivity contribution < 1.29 is 9.65 Å². The van der Waals surface area contributed by atoms with Gasteiger partial charge in [-0.25, -0.2) is 0 Å². The standard InChI is InChI=1S/C7H6Br2N2O3/c1-3-5(8)7(11(13)14)6(9)4(2)10(3)12/h1-2H3. The highest BCUT2D eigenvalue weighted by molar-refractivity contribution is 9.11. The number of nitro groups is 1. The van der Waals surface area contributed by atoms with Crippen molar-refractivity contribution in [1.29, 1.82) is 0 Å². The van der Waals surface area contributed by atoms with E-state index in [1.54, 1.807) is 0 Å². The second kappa shape index (κ2) is 3.82. The molecule has 7 heteroatoms. The molecular weight excluding hydrogens is 320 g/mol. The van der Waals surface area contributed by atoms with E-state index < -0.39 is 4.92 Å². The Kier molecular flexibility index (Phi) is 3.10. The first kappa shape index (κ1) is 11.4. The van der Waals surface area contributed by atoms with Gasteiger partial charge < -0.3 is 5.21 Å². The molecule has 0 N–H and O–H groups in total. The second-order valence-electron chi connectivity index (χ2n) is 2.70. The van der Waals surface area contributed by atoms with Gasteiger partial charge in [0, 0.05) is 13.8 Å². The van der Waals surface area contributed by atoms with Crippen LogP contribution in [0.4, 0.5) is 5.69 Å². The van der Waals surface area contributed by atoms with E-state index in [4.69, 9.17) is 0 Å². The maximum atomic E-state index is 11.4. The zero-order chi connectivity index (χ0) is 11.0. The van der Waals surface area contributed by atoms with Crippen LogP contribution in [0.25, 0.3) is 0 Å². The Labute approximate surface area is 96.7 Å². The van der Waals surface area contributed by atoms with Crippen LogP contribution in [0.5, 0.6) is 0 Å². The second-order valence-corrected chi connectivity index (χ2v) is 4.28. The largest absolute Gasteiger partial charge is 0.618 e. The number of hydrogen-bond donors (Lipinski definition) is 0. The Morgan fingerprint density at radius 1 is 1.21 bits per heavy atom. The van der Waals surface area contributed by atoms with Crippen LogP contribution >= 0.6 is 31.9 Å². The Hall–Kier alpha value is -0.690. The summed E-state index contributed by atoms with van der Waals surface area (Å²) in [5, 5.41) is 22.1. The molecule has 14 heavy (non-hydrogen) atoms. The van der Waals surface area contributed by atoms with Crippen molar-refractivity contribution in [1.82, 2.24) is 0 Å². The van der Waals surface area contributed by atoms with E-state index >= 15 is 0 Å². The molecule has 0 radical (unpaired) electrons. The lowest BCUT2D eigenvalue weighted by Crippen LogP contribution is -2.35. The topological polar surface area (TPSA) is 70.1 Å². The van der Waals surface area contributed by atoms with Crippen molar-refractivity contribution >= 4 is 37.5 Å². The Morgan fingerprint density at radius 2 is 1.57 bits per heavy atom. The van der Waals surface area contributed by atoms with Crippen molar-refractivity contribution in [2.45, 2.75) is 13.8 Å². The fraction of sp³-hybridized carbons (Fsp3) is 0.286. The molecule has 0 amide bonds. The fourth-order valence-corrected chi connectivity index (χ4v) is 2.30. The normalized spacial score (nSPS) is 10.3. The lowest BCUT2D eigenvalue weighted by atomic mass is 10.3. The van der Waals surface area contributed by atoms with E-state index in [1.165, 1.54) is 13.8 Å². The molecule has 1 aromatic heterocycles. The molecule has 0 spiro atoms. The van der Waals surface area contributed by atoms with Crippen LogP contribution in [0.2, 0.25) is 0 Å². The number of halogens is 2. The molecule has 0 unspecified atom stereocenters. The maximum Gasteiger partial charge on any atom is 0.310 e. The molecule has 0 aliphatic rings. The van der Waals surface area contributed by atoms with E-state index in [0.29, 0.717) is 4.73 Å². The third-order valence-corrected chi connectivity index (χ3v) is 3.74. The smallest absolute Gasteiger partial charge is 0.310 e. The third kappa shape index (κ3) is 1.61. The summed E-state index contributed by atoms with van der Waals surface area (Å²) >= 11 is 6.05. The molecule has 0 aliphatic carbocycles. The van der Waals surface area contributed by atoms with Gasteiger partial charge in [-0.05, 0) is 31.9 Å². The zero-order valence-corrected chi connectivity index (χ0v) is 10.5. The van der Waals surface area contributed by atoms with Gasteiger partial charge in [-0.15, -0.1) is 0 Å². The molecule has 0 saturated carbocycles. The molecular formula is C7H6Br2N2O3. The lowest BCUT2D eigenvalue weighted by molar-refractivity contribution is -0.621. The van der Waals surface area contributed by atoms with Crippen molar-refractivity contribution in [3.8, 4) is 0 Å². The van der Waals surface area contributed by atoms with Gasteiger partial charge in [0.1, 0.15) is 0 Å². The predicted octanol–water partition coefficient (Wildman–Crippen LogP) is 2.37. The number of nitrogens with zero attached hydrogens (tertiary/aromatic N) is 2. The minimum absolute atomic E-state index is 0.118. The fourth-order valence-electron chi connectivity index (χ4n) is 1.03. The molecule has 0 aromatic carbocycles. The minimum atomic E-state index is -0.534. The number of rotatable bonds is 1. The van der Waals surface area contributed by atoms with Crippen LogP contribution in [-0.2, 0) is 0 Å². The van der Waals surface area contributed by atoms with Gasteiger partial charge in [0.2, 0.25) is 11.4 Å². The average molecular weight is 326 g/mol. The highest BCUT2D eigenvalue weighted by Gasteiger charge is 2.28. The summed E-state index contributed by atoms with van der Waals surface area (Å²) in [5.41, 5.74) is 0.432. The quantitative estimate of drug-likeness (QED) is 0.344. The van der Waals surface area contributed by atoms with Gasteiger partial charge in [-0.2, -0.15) is 4.73 Å². The summed E-state index contributed by atoms with van der Waals surface area (Å²) < 4.78 is 1.05. The van der Waals surface area contributed by atoms with E-state index in [9.17, 15) is 15.3 Å². The van der Waals surface area contributed by atoms with Crippen LogP contribution in [0.3, 0.4) is 0 Å². The van der Waals surface area contributed by atoms with Gasteiger partial charge in [0.15, 0.2) is 8.95 Å². The van der Waals surface area contributed by atoms with Crippen LogP contribution in [0, 0.1) is 29.2 Å². The maximum absolute atomic E-state index is 11.4. The van der Waals surface area contributed by atoms with E-state index in [0.717, 1.165) is 0 Å². The van der Waals surface area contributed by atoms with Crippen LogP contribution < -0.4 is 4.73 Å². The van der Waals surface area contributed by atoms with Crippen molar-refractivity contribution in [3.05, 3.63) is 35.7 Å². The summed E-state index contributed by atoms with van der Waals surface area (Å²) in [6.45, 7) is 3.03. The van der Waals surface area contributed by atoms with E-state index in [1.807, 2.05) is 0 Å². The van der Waals surface area contributed by atoms with Crippen molar-refractivity contribution in [3.63, 3.8) is 0 Å². The third-order valence-electron chi connectivity index (χ3n) is 1.84. The number of aromatic nitrogens is 1. The van der Waals surface area contributed by atoms with Crippen LogP contribution in [-0.4, -0.2) is 4.92 Å². The Bertz CT molecular complexity index is 391. The Morgan fingerprint density at radius 3 is 1.86 bits per heavy atom. The summed E-state index contributed by atoms with van der Waals surface area (Å²) in [6, 6.07) is 0. The molecule has 1 heterocycles. The van der Waals surface area contributed by atoms with E-state index in [2.05, 4.69) is 31.9 Å². The Balaban J connectivity index is 3.68. The van der Waals surface area contributed by atoms with E-state index in [-0.39, 0.29) is 26.0 Å². The summed E-state index contributed by atoms with van der Waals surface area (Å²) in [7, 11) is 0. The minimum Gasteiger partial charge on any atom is -0.618 e. The summed E-state index contributed by atoms with van der Waals surface area (Å²) in [4.78, 5) is 10.2. The summed E-state index contributed by atoms with van der Waals surface area (Å²) in [5.74, 6) is 0. The predicted molar refractivity (Wildman–Crippen MR) is 56.9 cm³/mol. The molecule has 1 aromatic rings. The molecule has 5 nitrogen and oxygen atoms in total. The zero-order valence-electron chi connectivity index (χ0n) is 7.38. The molecule has 76 valence electrons. The number of hydrogen-bond acceptors (Lipinski definition) is 3.